The van der Waals surface area contributed by atoms with Crippen LogP contribution in [0.25, 0.3) is 5.82 Å². The van der Waals surface area contributed by atoms with Crippen molar-refractivity contribution in [1.82, 2.24) is 20.1 Å². The number of aliphatic hydroxyl groups excluding tert-OH is 1. The number of rotatable bonds is 7. The number of fused-ring (bicyclic) bond motifs is 1. The van der Waals surface area contributed by atoms with Gasteiger partial charge >= 0.3 is 5.97 Å². The van der Waals surface area contributed by atoms with Crippen LogP contribution in [-0.4, -0.2) is 32.1 Å². The number of nitriles is 1. The van der Waals surface area contributed by atoms with Gasteiger partial charge in [0.05, 0.1) is 17.3 Å². The second-order valence-electron chi connectivity index (χ2n) is 8.38. The molecular weight excluding hydrogens is 406 g/mol. The Morgan fingerprint density at radius 3 is 2.97 bits per heavy atom. The van der Waals surface area contributed by atoms with Gasteiger partial charge in [0.25, 0.3) is 0 Å². The van der Waals surface area contributed by atoms with E-state index < -0.39 is 6.23 Å². The van der Waals surface area contributed by atoms with Crippen LogP contribution < -0.4 is 5.32 Å². The lowest BCUT2D eigenvalue weighted by Gasteiger charge is -2.17. The molecule has 8 heteroatoms. The van der Waals surface area contributed by atoms with Crippen LogP contribution in [0.2, 0.25) is 0 Å². The second kappa shape index (κ2) is 8.19. The van der Waals surface area contributed by atoms with Crippen molar-refractivity contribution in [2.45, 2.75) is 51.5 Å². The van der Waals surface area contributed by atoms with Crippen molar-refractivity contribution in [1.29, 1.82) is 5.26 Å². The number of hydrogen-bond donors (Lipinski definition) is 2. The lowest BCUT2D eigenvalue weighted by atomic mass is 9.92. The summed E-state index contributed by atoms with van der Waals surface area (Å²) in [5.41, 5.74) is 6.20. The molecule has 1 atom stereocenters. The smallest absolute Gasteiger partial charge is 0.338 e. The minimum absolute atomic E-state index is 0.254. The van der Waals surface area contributed by atoms with Crippen LogP contribution in [0.5, 0.6) is 0 Å². The zero-order valence-electron chi connectivity index (χ0n) is 17.7. The first-order valence-electron chi connectivity index (χ1n) is 10.7. The molecule has 162 valence electrons. The summed E-state index contributed by atoms with van der Waals surface area (Å²) in [5.74, 6) is 0.844. The molecule has 1 aliphatic heterocycles. The van der Waals surface area contributed by atoms with E-state index in [4.69, 9.17) is 10.00 Å². The first-order valence-corrected chi connectivity index (χ1v) is 10.7. The molecule has 2 aliphatic rings. The normalized spacial score (nSPS) is 15.8. The Labute approximate surface area is 185 Å². The van der Waals surface area contributed by atoms with Gasteiger partial charge in [0.2, 0.25) is 0 Å². The number of aromatic nitrogens is 3. The summed E-state index contributed by atoms with van der Waals surface area (Å²) in [6, 6.07) is 7.69. The van der Waals surface area contributed by atoms with Crippen molar-refractivity contribution in [3.05, 3.63) is 75.7 Å². The Balaban J connectivity index is 1.25. The first kappa shape index (κ1) is 20.4. The van der Waals surface area contributed by atoms with E-state index in [1.165, 1.54) is 5.56 Å². The monoisotopic (exact) mass is 429 g/mol. The minimum Gasteiger partial charge on any atom is -0.457 e. The molecule has 1 saturated carbocycles. The van der Waals surface area contributed by atoms with E-state index in [0.29, 0.717) is 42.4 Å². The predicted octanol–water partition coefficient (Wildman–Crippen LogP) is 2.65. The summed E-state index contributed by atoms with van der Waals surface area (Å²) < 4.78 is 6.87. The van der Waals surface area contributed by atoms with E-state index >= 15 is 0 Å². The number of nitrogens with zero attached hydrogens (tertiary/aromatic N) is 4. The highest BCUT2D eigenvalue weighted by Crippen LogP contribution is 2.45. The zero-order chi connectivity index (χ0) is 22.2. The van der Waals surface area contributed by atoms with Crippen molar-refractivity contribution in [2.24, 2.45) is 0 Å². The zero-order valence-corrected chi connectivity index (χ0v) is 17.7. The van der Waals surface area contributed by atoms with Crippen LogP contribution in [0.3, 0.4) is 0 Å². The van der Waals surface area contributed by atoms with Gasteiger partial charge in [-0.1, -0.05) is 6.07 Å². The molecule has 32 heavy (non-hydrogen) atoms. The van der Waals surface area contributed by atoms with Gasteiger partial charge in [-0.2, -0.15) is 10.4 Å². The molecule has 2 aromatic heterocycles. The lowest BCUT2D eigenvalue weighted by molar-refractivity contribution is 0.0534. The van der Waals surface area contributed by atoms with E-state index in [0.717, 1.165) is 35.1 Å². The number of carbonyl (C=O) groups excluding carboxylic acids is 1. The topological polar surface area (TPSA) is 113 Å². The highest BCUT2D eigenvalue weighted by Gasteiger charge is 2.34. The fraction of sp³-hybridized carbons (Fsp3) is 0.333. The SMILES string of the molecule is Cc1cc(-n2cc(CNC(O)Cc3ccc4c(c3C3CC3)COC4=O)cn2)ncc1C#N. The molecule has 1 aliphatic carbocycles. The molecule has 0 saturated heterocycles. The Morgan fingerprint density at radius 2 is 2.22 bits per heavy atom. The van der Waals surface area contributed by atoms with E-state index in [2.05, 4.69) is 21.5 Å². The number of carbonyl (C=O) groups is 1. The van der Waals surface area contributed by atoms with Crippen LogP contribution in [-0.2, 0) is 24.3 Å². The van der Waals surface area contributed by atoms with Gasteiger partial charge in [0.15, 0.2) is 5.82 Å². The average Bonchev–Trinajstić information content (AvgIpc) is 3.39. The molecule has 0 radical (unpaired) electrons. The van der Waals surface area contributed by atoms with Crippen molar-refractivity contribution >= 4 is 5.97 Å². The number of hydrogen-bond acceptors (Lipinski definition) is 7. The minimum atomic E-state index is -0.734. The second-order valence-corrected chi connectivity index (χ2v) is 8.38. The van der Waals surface area contributed by atoms with Crippen LogP contribution in [0.15, 0.2) is 36.8 Å². The summed E-state index contributed by atoms with van der Waals surface area (Å²) in [4.78, 5) is 16.2. The van der Waals surface area contributed by atoms with Crippen LogP contribution in [0.1, 0.15) is 62.5 Å². The quantitative estimate of drug-likeness (QED) is 0.438. The largest absolute Gasteiger partial charge is 0.457 e. The molecule has 3 aromatic rings. The fourth-order valence-corrected chi connectivity index (χ4v) is 4.21. The van der Waals surface area contributed by atoms with Gasteiger partial charge in [-0.25, -0.2) is 14.5 Å². The van der Waals surface area contributed by atoms with Gasteiger partial charge in [-0.05, 0) is 54.5 Å². The molecule has 0 amide bonds. The number of pyridine rings is 1. The number of esters is 1. The van der Waals surface area contributed by atoms with Crippen molar-refractivity contribution in [3.8, 4) is 11.9 Å². The average molecular weight is 429 g/mol. The summed E-state index contributed by atoms with van der Waals surface area (Å²) in [5, 5.41) is 27.2. The third kappa shape index (κ3) is 3.88. The van der Waals surface area contributed by atoms with Crippen LogP contribution in [0.4, 0.5) is 0 Å². The predicted molar refractivity (Wildman–Crippen MR) is 115 cm³/mol. The van der Waals surface area contributed by atoms with Gasteiger partial charge in [0.1, 0.15) is 18.9 Å². The molecule has 0 spiro atoms. The first-order chi connectivity index (χ1) is 15.5. The molecular formula is C24H23N5O3. The number of cyclic esters (lactones) is 1. The summed E-state index contributed by atoms with van der Waals surface area (Å²) in [6.07, 6.45) is 7.07. The highest BCUT2D eigenvalue weighted by atomic mass is 16.5. The molecule has 1 fully saturated rings. The molecule has 1 unspecified atom stereocenters. The molecule has 5 rings (SSSR count). The van der Waals surface area contributed by atoms with E-state index in [1.807, 2.05) is 31.3 Å². The van der Waals surface area contributed by atoms with Crippen molar-refractivity contribution in [3.63, 3.8) is 0 Å². The summed E-state index contributed by atoms with van der Waals surface area (Å²) in [6.45, 7) is 2.64. The standard InChI is InChI=1S/C24H23N5O3/c1-14-6-21(26-11-18(14)8-25)29-12-15(10-28-29)9-27-22(30)7-17-4-5-19-20(13-32-24(19)31)23(17)16-2-3-16/h4-6,10-12,16,22,27,30H,2-3,7,9,13H2,1H3. The number of ether oxygens (including phenoxy) is 1. The van der Waals surface area contributed by atoms with Gasteiger partial charge in [-0.3, -0.25) is 5.32 Å². The maximum absolute atomic E-state index is 11.9. The maximum atomic E-state index is 11.9. The van der Waals surface area contributed by atoms with E-state index in [9.17, 15) is 9.90 Å². The summed E-state index contributed by atoms with van der Waals surface area (Å²) >= 11 is 0. The molecule has 0 bridgehead atoms. The van der Waals surface area contributed by atoms with Crippen molar-refractivity contribution in [2.75, 3.05) is 0 Å². The summed E-state index contributed by atoms with van der Waals surface area (Å²) in [7, 11) is 0. The molecule has 3 heterocycles. The molecule has 2 N–H and O–H groups in total. The fourth-order valence-electron chi connectivity index (χ4n) is 4.21. The maximum Gasteiger partial charge on any atom is 0.338 e. The van der Waals surface area contributed by atoms with Crippen LogP contribution in [0, 0.1) is 18.3 Å². The number of benzene rings is 1. The van der Waals surface area contributed by atoms with E-state index in [-0.39, 0.29) is 5.97 Å². The van der Waals surface area contributed by atoms with Gasteiger partial charge in [0, 0.05) is 36.5 Å². The Kier molecular flexibility index (Phi) is 5.21. The van der Waals surface area contributed by atoms with Gasteiger partial charge in [-0.15, -0.1) is 0 Å². The Bertz CT molecular complexity index is 1240. The van der Waals surface area contributed by atoms with Crippen molar-refractivity contribution < 1.29 is 14.6 Å². The van der Waals surface area contributed by atoms with Gasteiger partial charge < -0.3 is 9.84 Å². The Morgan fingerprint density at radius 1 is 1.38 bits per heavy atom. The Hall–Kier alpha value is -3.54. The third-order valence-electron chi connectivity index (χ3n) is 6.04. The number of aryl methyl sites for hydroxylation is 1. The highest BCUT2D eigenvalue weighted by molar-refractivity contribution is 5.94. The number of nitrogens with one attached hydrogen (secondary N) is 1. The van der Waals surface area contributed by atoms with E-state index in [1.54, 1.807) is 17.1 Å². The number of aliphatic hydroxyl groups is 1. The lowest BCUT2D eigenvalue weighted by Crippen LogP contribution is -2.30. The van der Waals surface area contributed by atoms with Crippen LogP contribution >= 0.6 is 0 Å². The third-order valence-corrected chi connectivity index (χ3v) is 6.04. The molecule has 8 nitrogen and oxygen atoms in total. The molecule has 1 aromatic carbocycles.